The molecule has 2 N–H and O–H groups in total. The molecule has 2 fully saturated rings. The maximum Gasteiger partial charge on any atom is 0.130 e. The highest BCUT2D eigenvalue weighted by Gasteiger charge is 2.33. The lowest BCUT2D eigenvalue weighted by Crippen LogP contribution is -2.27. The lowest BCUT2D eigenvalue weighted by Gasteiger charge is -2.24. The molecule has 1 saturated heterocycles. The Morgan fingerprint density at radius 3 is 2.60 bits per heavy atom. The minimum atomic E-state index is 0.245. The van der Waals surface area contributed by atoms with Crippen molar-refractivity contribution in [3.63, 3.8) is 0 Å². The van der Waals surface area contributed by atoms with E-state index < -0.39 is 0 Å². The molecular weight excluding hydrogens is 310 g/mol. The third-order valence-electron chi connectivity index (χ3n) is 5.27. The first kappa shape index (κ1) is 16.5. The molecule has 132 valence electrons. The van der Waals surface area contributed by atoms with Crippen LogP contribution < -0.4 is 10.6 Å². The second-order valence-electron chi connectivity index (χ2n) is 7.47. The second-order valence-corrected chi connectivity index (χ2v) is 7.47. The van der Waals surface area contributed by atoms with Gasteiger partial charge in [-0.1, -0.05) is 0 Å². The molecule has 0 bridgehead atoms. The number of anilines is 1. The minimum Gasteiger partial charge on any atom is -0.361 e. The van der Waals surface area contributed by atoms with Crippen molar-refractivity contribution < 1.29 is 0 Å². The van der Waals surface area contributed by atoms with E-state index in [9.17, 15) is 0 Å². The van der Waals surface area contributed by atoms with Crippen molar-refractivity contribution in [3.05, 3.63) is 47.2 Å². The van der Waals surface area contributed by atoms with E-state index in [0.717, 1.165) is 43.3 Å². The number of rotatable bonds is 5. The molecule has 0 amide bonds. The van der Waals surface area contributed by atoms with Gasteiger partial charge in [-0.3, -0.25) is 4.98 Å². The average Bonchev–Trinajstić information content (AvgIpc) is 3.45. The van der Waals surface area contributed by atoms with E-state index in [1.54, 1.807) is 0 Å². The highest BCUT2D eigenvalue weighted by atomic mass is 15.1. The van der Waals surface area contributed by atoms with Gasteiger partial charge >= 0.3 is 0 Å². The number of hydrogen-bond acceptors (Lipinski definition) is 5. The molecule has 1 aliphatic heterocycles. The Morgan fingerprint density at radius 2 is 1.88 bits per heavy atom. The Labute approximate surface area is 149 Å². The van der Waals surface area contributed by atoms with E-state index in [0.29, 0.717) is 11.8 Å². The first-order valence-corrected chi connectivity index (χ1v) is 9.44. The molecule has 2 aliphatic rings. The third kappa shape index (κ3) is 3.98. The largest absolute Gasteiger partial charge is 0.361 e. The summed E-state index contributed by atoms with van der Waals surface area (Å²) in [5.41, 5.74) is 3.57. The highest BCUT2D eigenvalue weighted by molar-refractivity contribution is 5.41. The number of nitrogens with zero attached hydrogens (tertiary/aromatic N) is 3. The fraction of sp³-hybridized carbons (Fsp3) is 0.550. The molecule has 2 aromatic rings. The molecule has 0 radical (unpaired) electrons. The number of aryl methyl sites for hydroxylation is 2. The van der Waals surface area contributed by atoms with E-state index in [-0.39, 0.29) is 6.04 Å². The molecule has 5 nitrogen and oxygen atoms in total. The maximum absolute atomic E-state index is 4.72. The van der Waals surface area contributed by atoms with Gasteiger partial charge in [0.25, 0.3) is 0 Å². The quantitative estimate of drug-likeness (QED) is 0.874. The number of nitrogens with one attached hydrogen (secondary N) is 2. The molecule has 25 heavy (non-hydrogen) atoms. The third-order valence-corrected chi connectivity index (χ3v) is 5.27. The maximum atomic E-state index is 4.72. The van der Waals surface area contributed by atoms with Crippen LogP contribution in [0.1, 0.15) is 60.4 Å². The van der Waals surface area contributed by atoms with E-state index in [1.165, 1.54) is 24.1 Å². The van der Waals surface area contributed by atoms with Crippen LogP contribution >= 0.6 is 0 Å². The highest BCUT2D eigenvalue weighted by Crippen LogP contribution is 2.42. The summed E-state index contributed by atoms with van der Waals surface area (Å²) in [6.07, 6.45) is 6.74. The fourth-order valence-electron chi connectivity index (χ4n) is 3.74. The zero-order valence-electron chi connectivity index (χ0n) is 15.1. The van der Waals surface area contributed by atoms with Crippen LogP contribution in [0.2, 0.25) is 0 Å². The molecule has 5 heteroatoms. The van der Waals surface area contributed by atoms with Gasteiger partial charge in [0.05, 0.1) is 11.7 Å². The zero-order chi connectivity index (χ0) is 17.2. The van der Waals surface area contributed by atoms with Crippen molar-refractivity contribution in [2.75, 3.05) is 18.4 Å². The van der Waals surface area contributed by atoms with Gasteiger partial charge in [-0.2, -0.15) is 0 Å². The van der Waals surface area contributed by atoms with Gasteiger partial charge in [0.2, 0.25) is 0 Å². The predicted octanol–water partition coefficient (Wildman–Crippen LogP) is 3.52. The molecule has 0 aromatic carbocycles. The van der Waals surface area contributed by atoms with E-state index >= 15 is 0 Å². The second kappa shape index (κ2) is 7.08. The molecule has 2 aromatic heterocycles. The Hall–Kier alpha value is -2.01. The number of hydrogen-bond donors (Lipinski definition) is 2. The Bertz CT molecular complexity index is 735. The van der Waals surface area contributed by atoms with Crippen molar-refractivity contribution in [1.82, 2.24) is 20.3 Å². The van der Waals surface area contributed by atoms with Crippen LogP contribution in [0, 0.1) is 19.8 Å². The lowest BCUT2D eigenvalue weighted by molar-refractivity contribution is 0.452. The summed E-state index contributed by atoms with van der Waals surface area (Å²) in [6, 6.07) is 6.65. The molecule has 1 saturated carbocycles. The summed E-state index contributed by atoms with van der Waals surface area (Å²) in [5.74, 6) is 3.00. The lowest BCUT2D eigenvalue weighted by atomic mass is 9.94. The van der Waals surface area contributed by atoms with Crippen molar-refractivity contribution in [1.29, 1.82) is 0 Å². The Morgan fingerprint density at radius 1 is 1.08 bits per heavy atom. The Balaban J connectivity index is 1.58. The van der Waals surface area contributed by atoms with Gasteiger partial charge < -0.3 is 10.6 Å². The molecule has 1 atom stereocenters. The van der Waals surface area contributed by atoms with E-state index in [2.05, 4.69) is 45.7 Å². The summed E-state index contributed by atoms with van der Waals surface area (Å²) in [4.78, 5) is 14.0. The van der Waals surface area contributed by atoms with Crippen LogP contribution in [0.3, 0.4) is 0 Å². The number of aromatic nitrogens is 3. The first-order chi connectivity index (χ1) is 12.2. The smallest absolute Gasteiger partial charge is 0.130 e. The minimum absolute atomic E-state index is 0.245. The summed E-state index contributed by atoms with van der Waals surface area (Å²) in [7, 11) is 0. The molecule has 1 unspecified atom stereocenters. The average molecular weight is 337 g/mol. The normalized spacial score (nSPS) is 19.6. The van der Waals surface area contributed by atoms with Crippen LogP contribution in [-0.2, 0) is 0 Å². The molecule has 4 rings (SSSR count). The summed E-state index contributed by atoms with van der Waals surface area (Å²) in [6.45, 7) is 6.27. The topological polar surface area (TPSA) is 62.7 Å². The van der Waals surface area contributed by atoms with Crippen molar-refractivity contribution >= 4 is 5.82 Å². The molecule has 1 aliphatic carbocycles. The first-order valence-electron chi connectivity index (χ1n) is 9.44. The van der Waals surface area contributed by atoms with Crippen molar-refractivity contribution in [2.24, 2.45) is 5.92 Å². The van der Waals surface area contributed by atoms with Crippen molar-refractivity contribution in [2.45, 2.75) is 51.5 Å². The van der Waals surface area contributed by atoms with Gasteiger partial charge in [-0.15, -0.1) is 0 Å². The molecular formula is C20H27N5. The van der Waals surface area contributed by atoms with Crippen LogP contribution in [0.5, 0.6) is 0 Å². The monoisotopic (exact) mass is 337 g/mol. The van der Waals surface area contributed by atoms with Gasteiger partial charge in [0.1, 0.15) is 11.6 Å². The number of pyridine rings is 1. The van der Waals surface area contributed by atoms with Gasteiger partial charge in [-0.25, -0.2) is 9.97 Å². The van der Waals surface area contributed by atoms with Gasteiger partial charge in [-0.05, 0) is 76.2 Å². The summed E-state index contributed by atoms with van der Waals surface area (Å²) in [5, 5.41) is 7.10. The number of piperidine rings is 1. The Kier molecular flexibility index (Phi) is 4.66. The molecule has 0 spiro atoms. The SMILES string of the molecule is Cc1ccnc(C(Nc2cc(C3CCNCC3)nc(C)n2)C2CC2)c1. The fourth-order valence-corrected chi connectivity index (χ4v) is 3.74. The van der Waals surface area contributed by atoms with Crippen LogP contribution in [0.15, 0.2) is 24.4 Å². The predicted molar refractivity (Wildman–Crippen MR) is 99.7 cm³/mol. The van der Waals surface area contributed by atoms with Crippen LogP contribution in [-0.4, -0.2) is 28.0 Å². The van der Waals surface area contributed by atoms with E-state index in [4.69, 9.17) is 4.98 Å². The van der Waals surface area contributed by atoms with Crippen LogP contribution in [0.25, 0.3) is 0 Å². The molecule has 3 heterocycles. The van der Waals surface area contributed by atoms with Gasteiger partial charge in [0, 0.05) is 23.9 Å². The van der Waals surface area contributed by atoms with Crippen molar-refractivity contribution in [3.8, 4) is 0 Å². The van der Waals surface area contributed by atoms with Crippen LogP contribution in [0.4, 0.5) is 5.82 Å². The zero-order valence-corrected chi connectivity index (χ0v) is 15.1. The summed E-state index contributed by atoms with van der Waals surface area (Å²) >= 11 is 0. The summed E-state index contributed by atoms with van der Waals surface area (Å²) < 4.78 is 0. The standard InChI is InChI=1S/C20H27N5/c1-13-5-10-22-18(11-13)20(16-3-4-16)25-19-12-17(23-14(2)24-19)15-6-8-21-9-7-15/h5,10-12,15-16,20-21H,3-4,6-9H2,1-2H3,(H,23,24,25). The van der Waals surface area contributed by atoms with Gasteiger partial charge in [0.15, 0.2) is 0 Å². The van der Waals surface area contributed by atoms with E-state index in [1.807, 2.05) is 13.1 Å².